The van der Waals surface area contributed by atoms with Crippen molar-refractivity contribution in [1.82, 2.24) is 4.90 Å². The molecular weight excluding hydrogens is 412 g/mol. The summed E-state index contributed by atoms with van der Waals surface area (Å²) in [6.07, 6.45) is -3.72. The summed E-state index contributed by atoms with van der Waals surface area (Å²) in [7, 11) is 4.28. The van der Waals surface area contributed by atoms with Gasteiger partial charge in [0.05, 0.1) is 11.9 Å². The van der Waals surface area contributed by atoms with Crippen LogP contribution in [0.1, 0.15) is 31.4 Å². The van der Waals surface area contributed by atoms with Gasteiger partial charge < -0.3 is 39.8 Å². The summed E-state index contributed by atoms with van der Waals surface area (Å²) in [4.78, 5) is 24.0. The van der Waals surface area contributed by atoms with E-state index in [1.165, 1.54) is 22.5 Å². The van der Waals surface area contributed by atoms with Gasteiger partial charge in [0.25, 0.3) is 0 Å². The first kappa shape index (κ1) is 25.3. The first-order valence-corrected chi connectivity index (χ1v) is 10.4. The lowest BCUT2D eigenvalue weighted by atomic mass is 9.73. The van der Waals surface area contributed by atoms with Crippen LogP contribution in [0.5, 0.6) is 0 Å². The molecule has 174 valence electrons. The van der Waals surface area contributed by atoms with Crippen molar-refractivity contribution in [2.24, 2.45) is 0 Å². The number of hydrogen-bond acceptors (Lipinski definition) is 8. The van der Waals surface area contributed by atoms with Gasteiger partial charge >= 0.3 is 0 Å². The largest absolute Gasteiger partial charge is 0.547 e. The second-order valence-electron chi connectivity index (χ2n) is 8.50. The Bertz CT molecular complexity index is 876. The van der Waals surface area contributed by atoms with Crippen LogP contribution < -0.4 is 15.1 Å². The maximum atomic E-state index is 9.63. The van der Waals surface area contributed by atoms with Crippen molar-refractivity contribution in [2.45, 2.75) is 37.9 Å². The highest BCUT2D eigenvalue weighted by Gasteiger charge is 2.35. The molecule has 0 radical (unpaired) electrons. The molecule has 8 nitrogen and oxygen atoms in total. The number of para-hydroxylation sites is 2. The molecule has 0 bridgehead atoms. The summed E-state index contributed by atoms with van der Waals surface area (Å²) in [6, 6.07) is 17.7. The molecule has 0 amide bonds. The molecule has 1 aliphatic rings. The number of carbonyl (C=O) groups excluding carboxylic acids is 2. The number of aliphatic hydroxyl groups is 2. The van der Waals surface area contributed by atoms with Crippen molar-refractivity contribution in [3.8, 4) is 0 Å². The number of carboxylic acid groups (broad SMARTS) is 2. The maximum absolute atomic E-state index is 9.63. The lowest BCUT2D eigenvalue weighted by molar-refractivity contribution is -0.333. The number of fused-ring (bicyclic) bond motifs is 2. The van der Waals surface area contributed by atoms with Gasteiger partial charge in [-0.05, 0) is 50.3 Å². The molecule has 0 aromatic heterocycles. The molecule has 3 rings (SSSR count). The van der Waals surface area contributed by atoms with Crippen molar-refractivity contribution in [2.75, 3.05) is 32.1 Å². The third-order valence-electron chi connectivity index (χ3n) is 5.51. The molecule has 0 saturated carbocycles. The highest BCUT2D eigenvalue weighted by Crippen LogP contribution is 2.48. The van der Waals surface area contributed by atoms with Gasteiger partial charge in [0, 0.05) is 23.3 Å². The van der Waals surface area contributed by atoms with E-state index in [1.807, 2.05) is 0 Å². The van der Waals surface area contributed by atoms with Gasteiger partial charge in [-0.3, -0.25) is 0 Å². The van der Waals surface area contributed by atoms with Crippen LogP contribution in [-0.4, -0.2) is 66.4 Å². The number of aliphatic hydroxyl groups excluding tert-OH is 2. The molecule has 2 atom stereocenters. The summed E-state index contributed by atoms with van der Waals surface area (Å²) in [5.74, 6) is -4.12. The smallest absolute Gasteiger partial charge is 0.124 e. The first-order chi connectivity index (χ1) is 15.0. The van der Waals surface area contributed by atoms with Gasteiger partial charge in [0.1, 0.15) is 12.2 Å². The summed E-state index contributed by atoms with van der Waals surface area (Å²) in [5, 5.41) is 35.7. The van der Waals surface area contributed by atoms with E-state index in [4.69, 9.17) is 10.2 Å². The minimum Gasteiger partial charge on any atom is -0.547 e. The molecule has 2 N–H and O–H groups in total. The molecule has 1 heterocycles. The lowest BCUT2D eigenvalue weighted by Gasteiger charge is -2.42. The van der Waals surface area contributed by atoms with Crippen LogP contribution in [0.15, 0.2) is 48.5 Å². The Morgan fingerprint density at radius 1 is 0.906 bits per heavy atom. The molecule has 8 heteroatoms. The molecule has 1 aliphatic heterocycles. The van der Waals surface area contributed by atoms with E-state index in [-0.39, 0.29) is 5.41 Å². The molecule has 2 aromatic rings. The van der Waals surface area contributed by atoms with Crippen molar-refractivity contribution in [3.63, 3.8) is 0 Å². The minimum absolute atomic E-state index is 0.0607. The SMILES string of the molecule is CN(C)CCCN1c2ccccc2C(C)(C)c2ccccc21.O=C([O-])[C@H](O)[C@@H](O)C(=O)[O-]. The van der Waals surface area contributed by atoms with E-state index < -0.39 is 24.1 Å². The second-order valence-corrected chi connectivity index (χ2v) is 8.50. The Kier molecular flexibility index (Phi) is 8.38. The fourth-order valence-corrected chi connectivity index (χ4v) is 3.79. The number of benzene rings is 2. The van der Waals surface area contributed by atoms with E-state index in [0.717, 1.165) is 19.5 Å². The fourth-order valence-electron chi connectivity index (χ4n) is 3.79. The van der Waals surface area contributed by atoms with Crippen LogP contribution in [0.25, 0.3) is 0 Å². The zero-order valence-electron chi connectivity index (χ0n) is 18.8. The number of hydrogen-bond donors (Lipinski definition) is 2. The van der Waals surface area contributed by atoms with Crippen molar-refractivity contribution < 1.29 is 30.0 Å². The molecule has 0 unspecified atom stereocenters. The predicted octanol–water partition coefficient (Wildman–Crippen LogP) is -0.376. The summed E-state index contributed by atoms with van der Waals surface area (Å²) >= 11 is 0. The normalized spacial score (nSPS) is 15.7. The first-order valence-electron chi connectivity index (χ1n) is 10.4. The Labute approximate surface area is 188 Å². The lowest BCUT2D eigenvalue weighted by Crippen LogP contribution is -2.51. The van der Waals surface area contributed by atoms with Gasteiger partial charge in [-0.15, -0.1) is 0 Å². The van der Waals surface area contributed by atoms with E-state index in [0.29, 0.717) is 0 Å². The molecule has 32 heavy (non-hydrogen) atoms. The number of aliphatic carboxylic acids is 2. The van der Waals surface area contributed by atoms with Crippen LogP contribution >= 0.6 is 0 Å². The number of anilines is 2. The van der Waals surface area contributed by atoms with Crippen LogP contribution in [0.4, 0.5) is 11.4 Å². The number of rotatable bonds is 7. The summed E-state index contributed by atoms with van der Waals surface area (Å²) in [6.45, 7) is 6.84. The average Bonchev–Trinajstić information content (AvgIpc) is 2.75. The van der Waals surface area contributed by atoms with Crippen molar-refractivity contribution >= 4 is 23.3 Å². The van der Waals surface area contributed by atoms with Gasteiger partial charge in [-0.25, -0.2) is 0 Å². The Morgan fingerprint density at radius 2 is 1.31 bits per heavy atom. The molecule has 2 aromatic carbocycles. The average molecular weight is 443 g/mol. The molecule has 0 saturated heterocycles. The Balaban J connectivity index is 0.000000309. The highest BCUT2D eigenvalue weighted by molar-refractivity contribution is 5.81. The van der Waals surface area contributed by atoms with Gasteiger partial charge in [-0.2, -0.15) is 0 Å². The summed E-state index contributed by atoms with van der Waals surface area (Å²) in [5.41, 5.74) is 5.65. The molecule has 0 spiro atoms. The van der Waals surface area contributed by atoms with Crippen molar-refractivity contribution in [3.05, 3.63) is 59.7 Å². The Morgan fingerprint density at radius 3 is 1.69 bits per heavy atom. The number of carboxylic acids is 2. The number of carbonyl (C=O) groups is 2. The van der Waals surface area contributed by atoms with Crippen LogP contribution in [0.2, 0.25) is 0 Å². The van der Waals surface area contributed by atoms with Gasteiger partial charge in [-0.1, -0.05) is 50.2 Å². The predicted molar refractivity (Wildman–Crippen MR) is 117 cm³/mol. The highest BCUT2D eigenvalue weighted by atomic mass is 16.4. The summed E-state index contributed by atoms with van der Waals surface area (Å²) < 4.78 is 0. The van der Waals surface area contributed by atoms with E-state index in [2.05, 4.69) is 86.3 Å². The topological polar surface area (TPSA) is 127 Å². The molecular formula is C24H30N2O6-2. The quantitative estimate of drug-likeness (QED) is 0.594. The third-order valence-corrected chi connectivity index (χ3v) is 5.51. The second kappa shape index (κ2) is 10.6. The number of nitrogens with zero attached hydrogens (tertiary/aromatic N) is 2. The van der Waals surface area contributed by atoms with E-state index in [9.17, 15) is 19.8 Å². The monoisotopic (exact) mass is 442 g/mol. The van der Waals surface area contributed by atoms with Gasteiger partial charge in [0.15, 0.2) is 0 Å². The zero-order valence-corrected chi connectivity index (χ0v) is 18.8. The molecule has 0 fully saturated rings. The molecule has 0 aliphatic carbocycles. The standard InChI is InChI=1S/C20H26N2.C4H6O6/c1-20(2)16-10-5-7-12-18(16)22(15-9-14-21(3)4)19-13-8-6-11-17(19)20;5-1(3(7)8)2(6)4(9)10/h5-8,10-13H,9,14-15H2,1-4H3;1-2,5-6H,(H,7,8)(H,9,10)/p-2/t;1-,2-/m.1/s1. The fraction of sp³-hybridized carbons (Fsp3) is 0.417. The van der Waals surface area contributed by atoms with Gasteiger partial charge in [0.2, 0.25) is 0 Å². The van der Waals surface area contributed by atoms with Crippen LogP contribution in [0.3, 0.4) is 0 Å². The van der Waals surface area contributed by atoms with Crippen LogP contribution in [0, 0.1) is 0 Å². The van der Waals surface area contributed by atoms with Crippen LogP contribution in [-0.2, 0) is 15.0 Å². The maximum Gasteiger partial charge on any atom is 0.124 e. The zero-order chi connectivity index (χ0) is 24.1. The third kappa shape index (κ3) is 5.64. The minimum atomic E-state index is -2.44. The van der Waals surface area contributed by atoms with E-state index in [1.54, 1.807) is 0 Å². The van der Waals surface area contributed by atoms with Crippen molar-refractivity contribution in [1.29, 1.82) is 0 Å². The van der Waals surface area contributed by atoms with E-state index >= 15 is 0 Å². The Hall–Kier alpha value is -2.94.